The second-order valence-electron chi connectivity index (χ2n) is 7.36. The van der Waals surface area contributed by atoms with Crippen molar-refractivity contribution < 1.29 is 9.59 Å². The summed E-state index contributed by atoms with van der Waals surface area (Å²) in [4.78, 5) is 45.6. The third kappa shape index (κ3) is 5.03. The fourth-order valence-electron chi connectivity index (χ4n) is 3.61. The normalized spacial score (nSPS) is 15.8. The second-order valence-corrected chi connectivity index (χ2v) is 7.80. The van der Waals surface area contributed by atoms with Crippen molar-refractivity contribution in [2.45, 2.75) is 51.5 Å². The average molecular weight is 417 g/mol. The number of halogens is 1. The van der Waals surface area contributed by atoms with Gasteiger partial charge in [0.05, 0.1) is 17.8 Å². The van der Waals surface area contributed by atoms with Crippen molar-refractivity contribution in [3.63, 3.8) is 0 Å². The van der Waals surface area contributed by atoms with Crippen molar-refractivity contribution in [2.75, 3.05) is 6.54 Å². The molecule has 29 heavy (non-hydrogen) atoms. The lowest BCUT2D eigenvalue weighted by Crippen LogP contribution is -2.42. The van der Waals surface area contributed by atoms with E-state index in [1.807, 2.05) is 12.1 Å². The molecule has 1 aromatic carbocycles. The average Bonchev–Trinajstić information content (AvgIpc) is 2.70. The summed E-state index contributed by atoms with van der Waals surface area (Å²) in [5.41, 5.74) is 6.97. The van der Waals surface area contributed by atoms with Gasteiger partial charge in [-0.2, -0.15) is 0 Å². The summed E-state index contributed by atoms with van der Waals surface area (Å²) < 4.78 is 0. The van der Waals surface area contributed by atoms with Gasteiger partial charge in [0.2, 0.25) is 11.8 Å². The first-order valence-corrected chi connectivity index (χ1v) is 10.2. The monoisotopic (exact) mass is 416 g/mol. The number of carbonyl (C=O) groups is 2. The highest BCUT2D eigenvalue weighted by Gasteiger charge is 2.31. The third-order valence-corrected chi connectivity index (χ3v) is 5.44. The Morgan fingerprint density at radius 1 is 1.28 bits per heavy atom. The summed E-state index contributed by atoms with van der Waals surface area (Å²) in [6.45, 7) is 2.78. The van der Waals surface area contributed by atoms with Crippen LogP contribution in [0, 0.1) is 0 Å². The van der Waals surface area contributed by atoms with Crippen molar-refractivity contribution in [1.82, 2.24) is 14.9 Å². The van der Waals surface area contributed by atoms with Gasteiger partial charge in [-0.05, 0) is 30.7 Å². The van der Waals surface area contributed by atoms with Gasteiger partial charge in [0.1, 0.15) is 5.82 Å². The first-order valence-electron chi connectivity index (χ1n) is 9.84. The molecule has 0 aliphatic carbocycles. The van der Waals surface area contributed by atoms with Gasteiger partial charge in [-0.15, -0.1) is 0 Å². The summed E-state index contributed by atoms with van der Waals surface area (Å²) in [7, 11) is 0. The maximum absolute atomic E-state index is 12.8. The van der Waals surface area contributed by atoms with E-state index >= 15 is 0 Å². The van der Waals surface area contributed by atoms with Crippen molar-refractivity contribution in [3.8, 4) is 11.4 Å². The lowest BCUT2D eigenvalue weighted by atomic mass is 9.90. The van der Waals surface area contributed by atoms with Crippen molar-refractivity contribution in [1.29, 1.82) is 0 Å². The fraction of sp³-hybridized carbons (Fsp3) is 0.429. The van der Waals surface area contributed by atoms with Crippen LogP contribution in [0.2, 0.25) is 5.02 Å². The Morgan fingerprint density at radius 3 is 2.66 bits per heavy atom. The van der Waals surface area contributed by atoms with E-state index in [-0.39, 0.29) is 36.8 Å². The molecule has 3 N–H and O–H groups in total. The summed E-state index contributed by atoms with van der Waals surface area (Å²) in [5.74, 6) is -0.201. The Bertz CT molecular complexity index is 955. The van der Waals surface area contributed by atoms with E-state index in [9.17, 15) is 14.4 Å². The number of aromatic nitrogens is 2. The molecule has 1 aromatic heterocycles. The van der Waals surface area contributed by atoms with Crippen molar-refractivity contribution in [3.05, 3.63) is 50.9 Å². The zero-order valence-electron chi connectivity index (χ0n) is 16.4. The Hall–Kier alpha value is -2.67. The Balaban J connectivity index is 1.94. The molecule has 0 saturated heterocycles. The topological polar surface area (TPSA) is 109 Å². The SMILES string of the molecule is CCCCC1CN(C(=O)CCC(N)=O)Cc2c1nc(-c1ccc(Cl)cc1)[nH]c2=O. The molecule has 2 heterocycles. The molecule has 1 atom stereocenters. The summed E-state index contributed by atoms with van der Waals surface area (Å²) in [6, 6.07) is 7.14. The van der Waals surface area contributed by atoms with Gasteiger partial charge in [0, 0.05) is 35.9 Å². The van der Waals surface area contributed by atoms with Crippen LogP contribution in [0.3, 0.4) is 0 Å². The molecule has 0 saturated carbocycles. The Kier molecular flexibility index (Phi) is 6.69. The number of nitrogens with zero attached hydrogens (tertiary/aromatic N) is 2. The second kappa shape index (κ2) is 9.22. The van der Waals surface area contributed by atoms with Crippen LogP contribution >= 0.6 is 11.6 Å². The first kappa shape index (κ1) is 21.0. The van der Waals surface area contributed by atoms with Crippen LogP contribution in [0.5, 0.6) is 0 Å². The number of primary amides is 1. The van der Waals surface area contributed by atoms with Crippen LogP contribution in [0.1, 0.15) is 56.2 Å². The van der Waals surface area contributed by atoms with E-state index in [0.29, 0.717) is 23.0 Å². The first-order chi connectivity index (χ1) is 13.9. The van der Waals surface area contributed by atoms with Crippen molar-refractivity contribution >= 4 is 23.4 Å². The molecular weight excluding hydrogens is 392 g/mol. The molecule has 2 aromatic rings. The molecule has 0 bridgehead atoms. The van der Waals surface area contributed by atoms with Crippen LogP contribution in [0.15, 0.2) is 29.1 Å². The predicted molar refractivity (Wildman–Crippen MR) is 111 cm³/mol. The van der Waals surface area contributed by atoms with Crippen LogP contribution in [-0.4, -0.2) is 33.2 Å². The van der Waals surface area contributed by atoms with E-state index in [0.717, 1.165) is 30.5 Å². The number of carbonyl (C=O) groups excluding carboxylic acids is 2. The third-order valence-electron chi connectivity index (χ3n) is 5.19. The molecule has 3 rings (SSSR count). The van der Waals surface area contributed by atoms with Gasteiger partial charge in [-0.25, -0.2) is 4.98 Å². The van der Waals surface area contributed by atoms with Gasteiger partial charge < -0.3 is 15.6 Å². The smallest absolute Gasteiger partial charge is 0.256 e. The molecule has 8 heteroatoms. The predicted octanol–water partition coefficient (Wildman–Crippen LogP) is 2.97. The molecular formula is C21H25ClN4O3. The standard InChI is InChI=1S/C21H25ClN4O3/c1-2-3-4-14-11-26(18(28)10-9-17(23)27)12-16-19(14)24-20(25-21(16)29)13-5-7-15(22)8-6-13/h5-8,14H,2-4,9-12H2,1H3,(H2,23,27)(H,24,25,29). The minimum atomic E-state index is -0.509. The number of hydrogen-bond donors (Lipinski definition) is 2. The lowest BCUT2D eigenvalue weighted by molar-refractivity contribution is -0.134. The number of aromatic amines is 1. The number of nitrogens with one attached hydrogen (secondary N) is 1. The number of amides is 2. The minimum absolute atomic E-state index is 0.00588. The number of unbranched alkanes of at least 4 members (excludes halogenated alkanes) is 1. The molecule has 0 radical (unpaired) electrons. The molecule has 2 amide bonds. The van der Waals surface area contributed by atoms with Gasteiger partial charge in [0.15, 0.2) is 0 Å². The largest absolute Gasteiger partial charge is 0.370 e. The molecule has 154 valence electrons. The number of H-pyrrole nitrogens is 1. The van der Waals surface area contributed by atoms with Gasteiger partial charge in [-0.3, -0.25) is 14.4 Å². The van der Waals surface area contributed by atoms with Crippen LogP contribution in [0.4, 0.5) is 0 Å². The molecule has 1 aliphatic heterocycles. The highest BCUT2D eigenvalue weighted by molar-refractivity contribution is 6.30. The highest BCUT2D eigenvalue weighted by Crippen LogP contribution is 2.31. The number of fused-ring (bicyclic) bond motifs is 1. The number of nitrogens with two attached hydrogens (primary N) is 1. The molecule has 7 nitrogen and oxygen atoms in total. The summed E-state index contributed by atoms with van der Waals surface area (Å²) >= 11 is 5.96. The van der Waals surface area contributed by atoms with Gasteiger partial charge >= 0.3 is 0 Å². The zero-order chi connectivity index (χ0) is 21.0. The van der Waals surface area contributed by atoms with Gasteiger partial charge in [0.25, 0.3) is 5.56 Å². The van der Waals surface area contributed by atoms with Crippen LogP contribution < -0.4 is 11.3 Å². The zero-order valence-corrected chi connectivity index (χ0v) is 17.2. The highest BCUT2D eigenvalue weighted by atomic mass is 35.5. The van der Waals surface area contributed by atoms with E-state index in [1.165, 1.54) is 0 Å². The fourth-order valence-corrected chi connectivity index (χ4v) is 3.74. The van der Waals surface area contributed by atoms with Crippen LogP contribution in [-0.2, 0) is 16.1 Å². The van der Waals surface area contributed by atoms with E-state index in [1.54, 1.807) is 17.0 Å². The number of rotatable bonds is 7. The van der Waals surface area contributed by atoms with Crippen molar-refractivity contribution in [2.24, 2.45) is 5.73 Å². The molecule has 0 fully saturated rings. The van der Waals surface area contributed by atoms with E-state index in [4.69, 9.17) is 22.3 Å². The maximum atomic E-state index is 12.8. The molecule has 0 spiro atoms. The Labute approximate surface area is 174 Å². The van der Waals surface area contributed by atoms with E-state index in [2.05, 4.69) is 11.9 Å². The van der Waals surface area contributed by atoms with E-state index < -0.39 is 5.91 Å². The summed E-state index contributed by atoms with van der Waals surface area (Å²) in [5, 5.41) is 0.611. The number of benzene rings is 1. The number of hydrogen-bond acceptors (Lipinski definition) is 4. The minimum Gasteiger partial charge on any atom is -0.370 e. The quantitative estimate of drug-likeness (QED) is 0.722. The molecule has 1 unspecified atom stereocenters. The molecule has 1 aliphatic rings. The lowest BCUT2D eigenvalue weighted by Gasteiger charge is -2.33. The maximum Gasteiger partial charge on any atom is 0.256 e. The van der Waals surface area contributed by atoms with Crippen LogP contribution in [0.25, 0.3) is 11.4 Å². The van der Waals surface area contributed by atoms with Gasteiger partial charge in [-0.1, -0.05) is 31.4 Å². The summed E-state index contributed by atoms with van der Waals surface area (Å²) in [6.07, 6.45) is 2.87. The Morgan fingerprint density at radius 2 is 2.00 bits per heavy atom.